The normalized spacial score (nSPS) is 14.0. The van der Waals surface area contributed by atoms with Gasteiger partial charge in [0.15, 0.2) is 0 Å². The molecule has 0 saturated heterocycles. The number of amides is 1. The Morgan fingerprint density at radius 3 is 2.44 bits per heavy atom. The average molecular weight is 314 g/mol. The molecule has 0 aromatic heterocycles. The van der Waals surface area contributed by atoms with Crippen LogP contribution in [0.4, 0.5) is 0 Å². The number of halogens is 1. The van der Waals surface area contributed by atoms with Crippen molar-refractivity contribution < 1.29 is 9.90 Å². The monoisotopic (exact) mass is 313 g/mol. The fourth-order valence-electron chi connectivity index (χ4n) is 1.67. The molecule has 4 heteroatoms. The number of hydrogen-bond acceptors (Lipinski definition) is 2. The lowest BCUT2D eigenvalue weighted by Crippen LogP contribution is -2.46. The average Bonchev–Trinajstić information content (AvgIpc) is 2.39. The van der Waals surface area contributed by atoms with Crippen molar-refractivity contribution in [1.29, 1.82) is 0 Å². The van der Waals surface area contributed by atoms with Gasteiger partial charge < -0.3 is 10.4 Å². The molecule has 0 aliphatic heterocycles. The summed E-state index contributed by atoms with van der Waals surface area (Å²) >= 11 is 3.37. The Morgan fingerprint density at radius 1 is 1.39 bits per heavy atom. The van der Waals surface area contributed by atoms with E-state index in [-0.39, 0.29) is 18.1 Å². The molecule has 0 aliphatic carbocycles. The highest BCUT2D eigenvalue weighted by Crippen LogP contribution is 2.15. The third kappa shape index (κ3) is 4.10. The van der Waals surface area contributed by atoms with Gasteiger partial charge in [-0.1, -0.05) is 35.0 Å². The van der Waals surface area contributed by atoms with E-state index in [1.807, 2.05) is 38.1 Å². The van der Waals surface area contributed by atoms with E-state index >= 15 is 0 Å². The molecule has 0 spiro atoms. The second-order valence-corrected chi connectivity index (χ2v) is 5.23. The Kier molecular flexibility index (Phi) is 5.82. The minimum Gasteiger partial charge on any atom is -0.396 e. The molecule has 100 valence electrons. The van der Waals surface area contributed by atoms with Crippen LogP contribution in [0.15, 0.2) is 24.3 Å². The van der Waals surface area contributed by atoms with Crippen molar-refractivity contribution >= 4 is 21.8 Å². The summed E-state index contributed by atoms with van der Waals surface area (Å²) in [5, 5.41) is 12.8. The lowest BCUT2D eigenvalue weighted by atomic mass is 9.94. The van der Waals surface area contributed by atoms with Crippen molar-refractivity contribution in [3.05, 3.63) is 35.4 Å². The molecule has 1 rings (SSSR count). The van der Waals surface area contributed by atoms with Crippen LogP contribution in [0.2, 0.25) is 0 Å². The van der Waals surface area contributed by atoms with Crippen molar-refractivity contribution in [1.82, 2.24) is 5.32 Å². The number of alkyl halides is 1. The first-order valence-corrected chi connectivity index (χ1v) is 7.25. The number of rotatable bonds is 6. The first kappa shape index (κ1) is 15.2. The SMILES string of the molecule is CCC(C)(CCO)NC(=O)c1ccc(CBr)cc1. The largest absolute Gasteiger partial charge is 0.396 e. The van der Waals surface area contributed by atoms with Crippen LogP contribution in [0.25, 0.3) is 0 Å². The van der Waals surface area contributed by atoms with Gasteiger partial charge in [-0.25, -0.2) is 0 Å². The van der Waals surface area contributed by atoms with Crippen molar-refractivity contribution in [3.8, 4) is 0 Å². The van der Waals surface area contributed by atoms with Crippen LogP contribution in [0.1, 0.15) is 42.6 Å². The van der Waals surface area contributed by atoms with Gasteiger partial charge in [-0.05, 0) is 37.5 Å². The molecule has 18 heavy (non-hydrogen) atoms. The summed E-state index contributed by atoms with van der Waals surface area (Å²) in [5.74, 6) is -0.0890. The van der Waals surface area contributed by atoms with Crippen molar-refractivity contribution in [3.63, 3.8) is 0 Å². The van der Waals surface area contributed by atoms with Crippen LogP contribution >= 0.6 is 15.9 Å². The van der Waals surface area contributed by atoms with Crippen LogP contribution in [0, 0.1) is 0 Å². The van der Waals surface area contributed by atoms with Gasteiger partial charge in [0.05, 0.1) is 0 Å². The predicted octanol–water partition coefficient (Wildman–Crippen LogP) is 2.86. The number of hydrogen-bond donors (Lipinski definition) is 2. The maximum Gasteiger partial charge on any atom is 0.251 e. The molecule has 1 aromatic rings. The molecule has 1 amide bonds. The Bertz CT molecular complexity index is 391. The van der Waals surface area contributed by atoms with E-state index < -0.39 is 0 Å². The highest BCUT2D eigenvalue weighted by molar-refractivity contribution is 9.08. The molecular weight excluding hydrogens is 294 g/mol. The number of carbonyl (C=O) groups is 1. The summed E-state index contributed by atoms with van der Waals surface area (Å²) in [6, 6.07) is 7.50. The number of aliphatic hydroxyl groups is 1. The van der Waals surface area contributed by atoms with E-state index in [9.17, 15) is 4.79 Å². The smallest absolute Gasteiger partial charge is 0.251 e. The van der Waals surface area contributed by atoms with E-state index in [1.165, 1.54) is 0 Å². The minimum atomic E-state index is -0.347. The highest BCUT2D eigenvalue weighted by Gasteiger charge is 2.24. The zero-order chi connectivity index (χ0) is 13.6. The third-order valence-electron chi connectivity index (χ3n) is 3.23. The van der Waals surface area contributed by atoms with Crippen molar-refractivity contribution in [2.24, 2.45) is 0 Å². The molecular formula is C14H20BrNO2. The van der Waals surface area contributed by atoms with Gasteiger partial charge in [0, 0.05) is 23.0 Å². The van der Waals surface area contributed by atoms with E-state index in [2.05, 4.69) is 21.2 Å². The first-order valence-electron chi connectivity index (χ1n) is 6.13. The molecule has 0 saturated carbocycles. The highest BCUT2D eigenvalue weighted by atomic mass is 79.9. The van der Waals surface area contributed by atoms with Crippen LogP contribution in [0.5, 0.6) is 0 Å². The van der Waals surface area contributed by atoms with Gasteiger partial charge in [0.2, 0.25) is 0 Å². The summed E-state index contributed by atoms with van der Waals surface area (Å²) in [6.07, 6.45) is 1.35. The zero-order valence-corrected chi connectivity index (χ0v) is 12.5. The van der Waals surface area contributed by atoms with Gasteiger partial charge in [0.25, 0.3) is 5.91 Å². The minimum absolute atomic E-state index is 0.0765. The van der Waals surface area contributed by atoms with Crippen molar-refractivity contribution in [2.75, 3.05) is 6.61 Å². The van der Waals surface area contributed by atoms with Crippen LogP contribution in [-0.4, -0.2) is 23.2 Å². The number of carbonyl (C=O) groups excluding carboxylic acids is 1. The quantitative estimate of drug-likeness (QED) is 0.793. The summed E-state index contributed by atoms with van der Waals surface area (Å²) in [6.45, 7) is 4.03. The number of aliphatic hydroxyl groups excluding tert-OH is 1. The summed E-state index contributed by atoms with van der Waals surface area (Å²) in [4.78, 5) is 12.1. The van der Waals surface area contributed by atoms with Gasteiger partial charge in [-0.15, -0.1) is 0 Å². The lowest BCUT2D eigenvalue weighted by Gasteiger charge is -2.29. The number of nitrogens with one attached hydrogen (secondary N) is 1. The molecule has 1 aromatic carbocycles. The molecule has 0 bridgehead atoms. The third-order valence-corrected chi connectivity index (χ3v) is 3.88. The second kappa shape index (κ2) is 6.90. The fraction of sp³-hybridized carbons (Fsp3) is 0.500. The Hall–Kier alpha value is -0.870. The molecule has 0 fully saturated rings. The molecule has 0 heterocycles. The first-order chi connectivity index (χ1) is 8.54. The molecule has 0 radical (unpaired) electrons. The van der Waals surface area contributed by atoms with Crippen LogP contribution < -0.4 is 5.32 Å². The molecule has 0 aliphatic rings. The van der Waals surface area contributed by atoms with Crippen molar-refractivity contribution in [2.45, 2.75) is 37.6 Å². The maximum absolute atomic E-state index is 12.1. The summed E-state index contributed by atoms with van der Waals surface area (Å²) < 4.78 is 0. The van der Waals surface area contributed by atoms with Crippen LogP contribution in [-0.2, 0) is 5.33 Å². The Labute approximate surface area is 117 Å². The predicted molar refractivity (Wildman–Crippen MR) is 76.9 cm³/mol. The Morgan fingerprint density at radius 2 is 2.00 bits per heavy atom. The van der Waals surface area contributed by atoms with E-state index in [1.54, 1.807) is 0 Å². The molecule has 1 atom stereocenters. The van der Waals surface area contributed by atoms with Crippen LogP contribution in [0.3, 0.4) is 0 Å². The maximum atomic E-state index is 12.1. The zero-order valence-electron chi connectivity index (χ0n) is 10.9. The van der Waals surface area contributed by atoms with E-state index in [0.29, 0.717) is 12.0 Å². The Balaban J connectivity index is 2.74. The summed E-state index contributed by atoms with van der Waals surface area (Å²) in [5.41, 5.74) is 1.44. The fourth-order valence-corrected chi connectivity index (χ4v) is 2.04. The number of benzene rings is 1. The van der Waals surface area contributed by atoms with E-state index in [0.717, 1.165) is 17.3 Å². The standard InChI is InChI=1S/C14H20BrNO2/c1-3-14(2,8-9-17)16-13(18)12-6-4-11(10-15)5-7-12/h4-7,17H,3,8-10H2,1-2H3,(H,16,18). The van der Waals surface area contributed by atoms with Gasteiger partial charge in [0.1, 0.15) is 0 Å². The molecule has 3 nitrogen and oxygen atoms in total. The van der Waals surface area contributed by atoms with Gasteiger partial charge in [-0.3, -0.25) is 4.79 Å². The second-order valence-electron chi connectivity index (χ2n) is 4.67. The summed E-state index contributed by atoms with van der Waals surface area (Å²) in [7, 11) is 0. The van der Waals surface area contributed by atoms with Gasteiger partial charge >= 0.3 is 0 Å². The van der Waals surface area contributed by atoms with E-state index in [4.69, 9.17) is 5.11 Å². The molecule has 2 N–H and O–H groups in total. The molecule has 1 unspecified atom stereocenters. The topological polar surface area (TPSA) is 49.3 Å². The lowest BCUT2D eigenvalue weighted by molar-refractivity contribution is 0.0886. The van der Waals surface area contributed by atoms with Gasteiger partial charge in [-0.2, -0.15) is 0 Å².